The van der Waals surface area contributed by atoms with Crippen molar-refractivity contribution >= 4 is 34.6 Å². The standard InChI is InChI=1S/C22H23N3O4/c1-28-19-11-10-14(12-20(19)29-2)23-21(26)13-25-18-9-4-3-7-17(18)24-16-8-5-6-15(16)22(25)27/h3-4,7,9-12,15H,5-6,8,13H2,1-2H3,(H,23,26)/t15-/m0/s1. The second kappa shape index (κ2) is 7.95. The van der Waals surface area contributed by atoms with Gasteiger partial charge in [-0.15, -0.1) is 0 Å². The molecule has 150 valence electrons. The van der Waals surface area contributed by atoms with Crippen LogP contribution in [0, 0.1) is 5.92 Å². The van der Waals surface area contributed by atoms with E-state index >= 15 is 0 Å². The monoisotopic (exact) mass is 393 g/mol. The number of aliphatic imine (C=N–C) groups is 1. The highest BCUT2D eigenvalue weighted by molar-refractivity contribution is 6.16. The molecule has 2 aromatic rings. The van der Waals surface area contributed by atoms with Crippen molar-refractivity contribution in [1.82, 2.24) is 0 Å². The van der Waals surface area contributed by atoms with Crippen molar-refractivity contribution in [2.45, 2.75) is 19.3 Å². The summed E-state index contributed by atoms with van der Waals surface area (Å²) < 4.78 is 10.5. The van der Waals surface area contributed by atoms with E-state index in [0.717, 1.165) is 30.7 Å². The van der Waals surface area contributed by atoms with Crippen LogP contribution in [0.1, 0.15) is 19.3 Å². The van der Waals surface area contributed by atoms with Crippen LogP contribution in [0.25, 0.3) is 0 Å². The molecule has 7 nitrogen and oxygen atoms in total. The summed E-state index contributed by atoms with van der Waals surface area (Å²) in [6.45, 7) is -0.0799. The number of carbonyl (C=O) groups excluding carboxylic acids is 2. The van der Waals surface area contributed by atoms with E-state index in [1.54, 1.807) is 30.2 Å². The van der Waals surface area contributed by atoms with E-state index < -0.39 is 0 Å². The van der Waals surface area contributed by atoms with E-state index in [9.17, 15) is 9.59 Å². The maximum atomic E-state index is 13.2. The number of ether oxygens (including phenoxy) is 2. The Hall–Kier alpha value is -3.35. The van der Waals surface area contributed by atoms with E-state index in [1.165, 1.54) is 7.11 Å². The van der Waals surface area contributed by atoms with Crippen LogP contribution in [0.5, 0.6) is 11.5 Å². The summed E-state index contributed by atoms with van der Waals surface area (Å²) in [5, 5.41) is 2.84. The molecule has 1 heterocycles. The van der Waals surface area contributed by atoms with Gasteiger partial charge in [-0.2, -0.15) is 0 Å². The maximum Gasteiger partial charge on any atom is 0.244 e. The largest absolute Gasteiger partial charge is 0.493 e. The lowest BCUT2D eigenvalue weighted by atomic mass is 10.1. The smallest absolute Gasteiger partial charge is 0.244 e. The highest BCUT2D eigenvalue weighted by Gasteiger charge is 2.37. The maximum absolute atomic E-state index is 13.2. The molecule has 2 aliphatic rings. The minimum absolute atomic E-state index is 0.0614. The average molecular weight is 393 g/mol. The third kappa shape index (κ3) is 3.68. The first-order chi connectivity index (χ1) is 14.1. The summed E-state index contributed by atoms with van der Waals surface area (Å²) in [5.74, 6) is 0.505. The Bertz CT molecular complexity index is 986. The molecule has 1 aliphatic carbocycles. The van der Waals surface area contributed by atoms with Crippen LogP contribution >= 0.6 is 0 Å². The normalized spacial score (nSPS) is 17.7. The summed E-state index contributed by atoms with van der Waals surface area (Å²) in [7, 11) is 3.09. The van der Waals surface area contributed by atoms with Gasteiger partial charge in [0.2, 0.25) is 11.8 Å². The first-order valence-corrected chi connectivity index (χ1v) is 9.60. The summed E-state index contributed by atoms with van der Waals surface area (Å²) in [5.41, 5.74) is 2.90. The number of hydrogen-bond acceptors (Lipinski definition) is 5. The van der Waals surface area contributed by atoms with Crippen molar-refractivity contribution in [3.8, 4) is 11.5 Å². The van der Waals surface area contributed by atoms with Gasteiger partial charge >= 0.3 is 0 Å². The number of fused-ring (bicyclic) bond motifs is 2. The highest BCUT2D eigenvalue weighted by atomic mass is 16.5. The first kappa shape index (κ1) is 19.0. The lowest BCUT2D eigenvalue weighted by Gasteiger charge is -2.24. The number of amides is 2. The lowest BCUT2D eigenvalue weighted by molar-refractivity contribution is -0.122. The van der Waals surface area contributed by atoms with Gasteiger partial charge in [-0.1, -0.05) is 12.1 Å². The Balaban J connectivity index is 1.57. The summed E-state index contributed by atoms with van der Waals surface area (Å²) in [6, 6.07) is 12.6. The predicted octanol–water partition coefficient (Wildman–Crippen LogP) is 3.56. The third-order valence-corrected chi connectivity index (χ3v) is 5.30. The molecular weight excluding hydrogens is 370 g/mol. The molecule has 0 unspecified atom stereocenters. The fourth-order valence-corrected chi connectivity index (χ4v) is 3.90. The minimum Gasteiger partial charge on any atom is -0.493 e. The van der Waals surface area contributed by atoms with E-state index in [-0.39, 0.29) is 24.3 Å². The third-order valence-electron chi connectivity index (χ3n) is 5.30. The van der Waals surface area contributed by atoms with E-state index in [1.807, 2.05) is 24.3 Å². The Kier molecular flexibility index (Phi) is 5.20. The number of rotatable bonds is 5. The quantitative estimate of drug-likeness (QED) is 0.842. The zero-order valence-corrected chi connectivity index (χ0v) is 16.5. The van der Waals surface area contributed by atoms with Crippen LogP contribution in [0.2, 0.25) is 0 Å². The van der Waals surface area contributed by atoms with Crippen molar-refractivity contribution in [2.24, 2.45) is 10.9 Å². The molecule has 2 aromatic carbocycles. The predicted molar refractivity (Wildman–Crippen MR) is 111 cm³/mol. The van der Waals surface area contributed by atoms with E-state index in [2.05, 4.69) is 5.32 Å². The zero-order valence-electron chi connectivity index (χ0n) is 16.5. The Labute approximate surface area is 169 Å². The second-order valence-electron chi connectivity index (χ2n) is 7.08. The van der Waals surface area contributed by atoms with Crippen LogP contribution < -0.4 is 19.7 Å². The van der Waals surface area contributed by atoms with Crippen LogP contribution in [0.3, 0.4) is 0 Å². The number of nitrogens with one attached hydrogen (secondary N) is 1. The number of benzene rings is 2. The minimum atomic E-state index is -0.290. The van der Waals surface area contributed by atoms with Gasteiger partial charge < -0.3 is 19.7 Å². The average Bonchev–Trinajstić information content (AvgIpc) is 3.16. The molecule has 1 N–H and O–H groups in total. The number of anilines is 2. The van der Waals surface area contributed by atoms with Gasteiger partial charge in [0.25, 0.3) is 0 Å². The zero-order chi connectivity index (χ0) is 20.4. The Morgan fingerprint density at radius 2 is 1.97 bits per heavy atom. The molecule has 2 amide bonds. The molecule has 1 fully saturated rings. The van der Waals surface area contributed by atoms with Crippen molar-refractivity contribution in [3.05, 3.63) is 42.5 Å². The van der Waals surface area contributed by atoms with Gasteiger partial charge in [-0.3, -0.25) is 14.6 Å². The van der Waals surface area contributed by atoms with E-state index in [0.29, 0.717) is 22.9 Å². The summed E-state index contributed by atoms with van der Waals surface area (Å²) in [4.78, 5) is 32.3. The number of carbonyl (C=O) groups is 2. The molecule has 0 aromatic heterocycles. The summed E-state index contributed by atoms with van der Waals surface area (Å²) >= 11 is 0. The molecule has 0 radical (unpaired) electrons. The number of methoxy groups -OCH3 is 2. The Morgan fingerprint density at radius 3 is 2.76 bits per heavy atom. The second-order valence-corrected chi connectivity index (χ2v) is 7.08. The Morgan fingerprint density at radius 1 is 1.17 bits per heavy atom. The van der Waals surface area contributed by atoms with Gasteiger partial charge in [-0.05, 0) is 43.5 Å². The molecule has 7 heteroatoms. The highest BCUT2D eigenvalue weighted by Crippen LogP contribution is 2.38. The molecule has 0 saturated heterocycles. The molecule has 1 aliphatic heterocycles. The topological polar surface area (TPSA) is 80.2 Å². The fraction of sp³-hybridized carbons (Fsp3) is 0.318. The number of nitrogens with zero attached hydrogens (tertiary/aromatic N) is 2. The van der Waals surface area contributed by atoms with Crippen molar-refractivity contribution in [3.63, 3.8) is 0 Å². The van der Waals surface area contributed by atoms with Crippen LogP contribution in [-0.2, 0) is 9.59 Å². The van der Waals surface area contributed by atoms with Gasteiger partial charge in [0.1, 0.15) is 6.54 Å². The van der Waals surface area contributed by atoms with Gasteiger partial charge in [0, 0.05) is 17.5 Å². The van der Waals surface area contributed by atoms with Crippen LogP contribution in [-0.4, -0.2) is 38.3 Å². The van der Waals surface area contributed by atoms with Gasteiger partial charge in [0.05, 0.1) is 31.5 Å². The molecule has 0 spiro atoms. The fourth-order valence-electron chi connectivity index (χ4n) is 3.90. The number of para-hydroxylation sites is 2. The first-order valence-electron chi connectivity index (χ1n) is 9.60. The molecule has 4 rings (SSSR count). The van der Waals surface area contributed by atoms with Crippen LogP contribution in [0.4, 0.5) is 17.1 Å². The van der Waals surface area contributed by atoms with Gasteiger partial charge in [-0.25, -0.2) is 0 Å². The van der Waals surface area contributed by atoms with Crippen LogP contribution in [0.15, 0.2) is 47.5 Å². The lowest BCUT2D eigenvalue weighted by Crippen LogP contribution is -2.41. The molecule has 1 atom stereocenters. The van der Waals surface area contributed by atoms with Crippen molar-refractivity contribution < 1.29 is 19.1 Å². The molecule has 1 saturated carbocycles. The molecule has 0 bridgehead atoms. The SMILES string of the molecule is COc1ccc(NC(=O)CN2C(=O)[C@H]3CCCC3=Nc3ccccc32)cc1OC. The van der Waals surface area contributed by atoms with Crippen molar-refractivity contribution in [1.29, 1.82) is 0 Å². The van der Waals surface area contributed by atoms with Gasteiger partial charge in [0.15, 0.2) is 11.5 Å². The molecular formula is C22H23N3O4. The summed E-state index contributed by atoms with van der Waals surface area (Å²) in [6.07, 6.45) is 2.55. The van der Waals surface area contributed by atoms with Crippen molar-refractivity contribution in [2.75, 3.05) is 31.0 Å². The molecule has 29 heavy (non-hydrogen) atoms. The number of hydrogen-bond donors (Lipinski definition) is 1. The van der Waals surface area contributed by atoms with E-state index in [4.69, 9.17) is 14.5 Å².